The highest BCUT2D eigenvalue weighted by molar-refractivity contribution is 7.60. The molecule has 0 amide bonds. The van der Waals surface area contributed by atoms with Crippen LogP contribution in [0.1, 0.15) is 0 Å². The largest absolute Gasteiger partial charge is 0.349 e. The molecule has 0 aromatic carbocycles. The minimum absolute atomic E-state index is 1.32. The van der Waals surface area contributed by atoms with Crippen LogP contribution in [0.25, 0.3) is 0 Å². The van der Waals surface area contributed by atoms with Gasteiger partial charge >= 0.3 is 7.60 Å². The van der Waals surface area contributed by atoms with E-state index in [1.807, 2.05) is 39.3 Å². The summed E-state index contributed by atoms with van der Waals surface area (Å²) in [6.45, 7) is 15.4. The van der Waals surface area contributed by atoms with E-state index in [-0.39, 0.29) is 0 Å². The van der Waals surface area contributed by atoms with Gasteiger partial charge in [-0.2, -0.15) is 0 Å². The summed E-state index contributed by atoms with van der Waals surface area (Å²) in [5.41, 5.74) is 0. The molecule has 84 valence electrons. The summed E-state index contributed by atoms with van der Waals surface area (Å²) < 4.78 is 23.2. The van der Waals surface area contributed by atoms with Gasteiger partial charge in [-0.3, -0.25) is 4.57 Å². The molecule has 0 aromatic heterocycles. The monoisotopic (exact) mass is 252 g/mol. The molecule has 6 heteroatoms. The maximum Gasteiger partial charge on any atom is 0.334 e. The van der Waals surface area contributed by atoms with Gasteiger partial charge in [-0.05, 0) is 39.3 Å². The second-order valence-electron chi connectivity index (χ2n) is 5.13. The molecule has 0 aromatic rings. The maximum absolute atomic E-state index is 12.1. The Labute approximate surface area is 89.3 Å². The smallest absolute Gasteiger partial charge is 0.334 e. The summed E-state index contributed by atoms with van der Waals surface area (Å²) in [4.78, 5) is 0. The van der Waals surface area contributed by atoms with E-state index in [4.69, 9.17) is 8.43 Å². The van der Waals surface area contributed by atoms with E-state index in [2.05, 4.69) is 6.58 Å². The summed E-state index contributed by atoms with van der Waals surface area (Å²) >= 11 is 0. The average molecular weight is 252 g/mol. The van der Waals surface area contributed by atoms with Crippen LogP contribution in [0.5, 0.6) is 0 Å². The third kappa shape index (κ3) is 6.73. The number of rotatable bonds is 5. The third-order valence-corrected chi connectivity index (χ3v) is 7.89. The second kappa shape index (κ2) is 4.45. The van der Waals surface area contributed by atoms with Crippen molar-refractivity contribution in [2.45, 2.75) is 39.3 Å². The highest BCUT2D eigenvalue weighted by Gasteiger charge is 2.33. The van der Waals surface area contributed by atoms with E-state index in [1.165, 1.54) is 5.82 Å². The van der Waals surface area contributed by atoms with Gasteiger partial charge in [-0.25, -0.2) is 0 Å². The maximum atomic E-state index is 12.1. The van der Waals surface area contributed by atoms with Crippen molar-refractivity contribution < 1.29 is 13.0 Å². The predicted molar refractivity (Wildman–Crippen MR) is 66.7 cm³/mol. The first-order valence-electron chi connectivity index (χ1n) is 4.62. The topological polar surface area (TPSA) is 35.5 Å². The van der Waals surface area contributed by atoms with Crippen molar-refractivity contribution in [2.75, 3.05) is 0 Å². The van der Waals surface area contributed by atoms with Crippen LogP contribution in [0, 0.1) is 0 Å². The Morgan fingerprint density at radius 2 is 1.29 bits per heavy atom. The Morgan fingerprint density at radius 1 is 1.00 bits per heavy atom. The molecular weight excluding hydrogens is 231 g/mol. The van der Waals surface area contributed by atoms with Crippen LogP contribution in [0.15, 0.2) is 12.4 Å². The lowest BCUT2D eigenvalue weighted by Gasteiger charge is -2.28. The highest BCUT2D eigenvalue weighted by atomic mass is 31.2. The lowest BCUT2D eigenvalue weighted by atomic mass is 11.3. The van der Waals surface area contributed by atoms with Crippen molar-refractivity contribution in [2.24, 2.45) is 0 Å². The molecule has 0 spiro atoms. The Bertz CT molecular complexity index is 232. The fraction of sp³-hybridized carbons (Fsp3) is 0.750. The van der Waals surface area contributed by atoms with Gasteiger partial charge in [0.05, 0.1) is 0 Å². The van der Waals surface area contributed by atoms with Crippen LogP contribution in [0.4, 0.5) is 0 Å². The van der Waals surface area contributed by atoms with Crippen LogP contribution in [0.2, 0.25) is 39.3 Å². The van der Waals surface area contributed by atoms with Crippen molar-refractivity contribution in [1.82, 2.24) is 0 Å². The lowest BCUT2D eigenvalue weighted by Crippen LogP contribution is -2.29. The Hall–Kier alpha value is 0.324. The first-order valence-corrected chi connectivity index (χ1v) is 13.1. The molecule has 3 nitrogen and oxygen atoms in total. The molecule has 0 aliphatic carbocycles. The molecule has 0 unspecified atom stereocenters. The van der Waals surface area contributed by atoms with Gasteiger partial charge in [0.2, 0.25) is 0 Å². The van der Waals surface area contributed by atoms with Crippen LogP contribution in [-0.2, 0) is 13.0 Å². The van der Waals surface area contributed by atoms with Gasteiger partial charge in [-0.15, -0.1) is 0 Å². The Balaban J connectivity index is 4.67. The summed E-state index contributed by atoms with van der Waals surface area (Å²) in [6, 6.07) is 0. The Kier molecular flexibility index (Phi) is 4.55. The Morgan fingerprint density at radius 3 is 1.43 bits per heavy atom. The minimum Gasteiger partial charge on any atom is -0.349 e. The van der Waals surface area contributed by atoms with E-state index < -0.39 is 24.2 Å². The van der Waals surface area contributed by atoms with E-state index in [0.29, 0.717) is 0 Å². The van der Waals surface area contributed by atoms with Crippen LogP contribution < -0.4 is 0 Å². The highest BCUT2D eigenvalue weighted by Crippen LogP contribution is 2.53. The van der Waals surface area contributed by atoms with Gasteiger partial charge in [-0.1, -0.05) is 6.58 Å². The van der Waals surface area contributed by atoms with Crippen LogP contribution >= 0.6 is 7.60 Å². The zero-order chi connectivity index (χ0) is 11.6. The second-order valence-corrected chi connectivity index (χ2v) is 16.5. The standard InChI is InChI=1S/C8H21O3PSi2/c1-8-12(9,10-13(2,3)4)11-14(5,6)7/h8H,1H2,2-7H3. The molecule has 0 N–H and O–H groups in total. The molecule has 0 atom stereocenters. The minimum atomic E-state index is -3.06. The van der Waals surface area contributed by atoms with Crippen molar-refractivity contribution >= 4 is 24.2 Å². The first-order chi connectivity index (χ1) is 5.97. The molecule has 0 saturated heterocycles. The molecule has 0 fully saturated rings. The van der Waals surface area contributed by atoms with E-state index in [9.17, 15) is 4.57 Å². The van der Waals surface area contributed by atoms with Gasteiger partial charge < -0.3 is 8.43 Å². The number of hydrogen-bond acceptors (Lipinski definition) is 3. The van der Waals surface area contributed by atoms with Gasteiger partial charge in [0.1, 0.15) is 0 Å². The van der Waals surface area contributed by atoms with Crippen molar-refractivity contribution in [3.8, 4) is 0 Å². The molecule has 0 saturated carbocycles. The van der Waals surface area contributed by atoms with Crippen LogP contribution in [-0.4, -0.2) is 16.6 Å². The van der Waals surface area contributed by atoms with Gasteiger partial charge in [0.15, 0.2) is 16.6 Å². The van der Waals surface area contributed by atoms with E-state index in [1.54, 1.807) is 0 Å². The zero-order valence-electron chi connectivity index (χ0n) is 9.96. The van der Waals surface area contributed by atoms with Crippen LogP contribution in [0.3, 0.4) is 0 Å². The summed E-state index contributed by atoms with van der Waals surface area (Å²) in [7, 11) is -6.76. The number of hydrogen-bond donors (Lipinski definition) is 0. The van der Waals surface area contributed by atoms with Crippen molar-refractivity contribution in [1.29, 1.82) is 0 Å². The molecule has 0 aliphatic rings. The molecule has 0 bridgehead atoms. The first kappa shape index (κ1) is 14.3. The molecule has 0 aliphatic heterocycles. The van der Waals surface area contributed by atoms with Gasteiger partial charge in [0, 0.05) is 5.82 Å². The average Bonchev–Trinajstić information content (AvgIpc) is 1.78. The molecule has 0 radical (unpaired) electrons. The van der Waals surface area contributed by atoms with Crippen molar-refractivity contribution in [3.05, 3.63) is 12.4 Å². The quantitative estimate of drug-likeness (QED) is 0.547. The zero-order valence-corrected chi connectivity index (χ0v) is 12.9. The van der Waals surface area contributed by atoms with Crippen molar-refractivity contribution in [3.63, 3.8) is 0 Å². The summed E-state index contributed by atoms with van der Waals surface area (Å²) in [5.74, 6) is 1.32. The van der Waals surface area contributed by atoms with E-state index in [0.717, 1.165) is 0 Å². The fourth-order valence-corrected chi connectivity index (χ4v) is 8.04. The third-order valence-electron chi connectivity index (χ3n) is 1.03. The normalized spacial score (nSPS) is 14.1. The summed E-state index contributed by atoms with van der Waals surface area (Å²) in [6.07, 6.45) is 0. The molecule has 0 heterocycles. The van der Waals surface area contributed by atoms with Gasteiger partial charge in [0.25, 0.3) is 0 Å². The molecule has 14 heavy (non-hydrogen) atoms. The lowest BCUT2D eigenvalue weighted by molar-refractivity contribution is 0.395. The SMILES string of the molecule is C=CP(=O)(O[Si](C)(C)C)O[Si](C)(C)C. The molecule has 0 rings (SSSR count). The summed E-state index contributed by atoms with van der Waals surface area (Å²) in [5, 5.41) is 0. The molecular formula is C8H21O3PSi2. The predicted octanol–water partition coefficient (Wildman–Crippen LogP) is 4.03. The van der Waals surface area contributed by atoms with E-state index >= 15 is 0 Å². The fourth-order valence-electron chi connectivity index (χ4n) is 0.857.